The maximum absolute atomic E-state index is 10.2. The molecule has 3 aromatic carbocycles. The lowest BCUT2D eigenvalue weighted by Gasteiger charge is -2.27. The Bertz CT molecular complexity index is 898. The second-order valence-corrected chi connectivity index (χ2v) is 6.63. The first-order valence-electron chi connectivity index (χ1n) is 9.17. The first-order valence-corrected chi connectivity index (χ1v) is 9.17. The highest BCUT2D eigenvalue weighted by Gasteiger charge is 2.20. The molecule has 0 amide bonds. The molecule has 0 fully saturated rings. The van der Waals surface area contributed by atoms with Crippen LogP contribution in [0.5, 0.6) is 17.2 Å². The Morgan fingerprint density at radius 1 is 1.00 bits per heavy atom. The Morgan fingerprint density at radius 2 is 1.78 bits per heavy atom. The van der Waals surface area contributed by atoms with Crippen LogP contribution in [-0.2, 0) is 0 Å². The molecule has 0 radical (unpaired) electrons. The number of aliphatic hydroxyl groups is 1. The normalized spacial score (nSPS) is 16.9. The van der Waals surface area contributed by atoms with Crippen LogP contribution >= 0.6 is 0 Å². The largest absolute Gasteiger partial charge is 0.491 e. The van der Waals surface area contributed by atoms with E-state index in [1.54, 1.807) is 0 Å². The van der Waals surface area contributed by atoms with Gasteiger partial charge >= 0.3 is 0 Å². The number of nitrogens with one attached hydrogen (secondary N) is 1. The van der Waals surface area contributed by atoms with Gasteiger partial charge in [-0.1, -0.05) is 42.5 Å². The Labute approximate surface area is 158 Å². The third-order valence-corrected chi connectivity index (χ3v) is 4.48. The average Bonchev–Trinajstić information content (AvgIpc) is 2.72. The molecule has 2 atom stereocenters. The predicted molar refractivity (Wildman–Crippen MR) is 105 cm³/mol. The highest BCUT2D eigenvalue weighted by atomic mass is 16.6. The number of hydrogen-bond acceptors (Lipinski definition) is 5. The number of fused-ring (bicyclic) bond motifs is 2. The fourth-order valence-corrected chi connectivity index (χ4v) is 3.08. The van der Waals surface area contributed by atoms with Gasteiger partial charge in [-0.2, -0.15) is 0 Å². The predicted octanol–water partition coefficient (Wildman–Crippen LogP) is 3.01. The number of para-hydroxylation sites is 2. The molecule has 140 valence electrons. The van der Waals surface area contributed by atoms with Crippen LogP contribution in [0.2, 0.25) is 0 Å². The molecular formula is C22H23NO4. The molecule has 0 aliphatic carbocycles. The minimum absolute atomic E-state index is 0.0755. The van der Waals surface area contributed by atoms with Crippen molar-refractivity contribution in [3.8, 4) is 17.2 Å². The van der Waals surface area contributed by atoms with Crippen molar-refractivity contribution in [1.82, 2.24) is 5.32 Å². The summed E-state index contributed by atoms with van der Waals surface area (Å²) in [5.74, 6) is 2.29. The number of hydrogen-bond donors (Lipinski definition) is 2. The summed E-state index contributed by atoms with van der Waals surface area (Å²) in [5.41, 5.74) is 0. The van der Waals surface area contributed by atoms with E-state index < -0.39 is 6.10 Å². The molecule has 5 nitrogen and oxygen atoms in total. The molecule has 1 heterocycles. The Kier molecular flexibility index (Phi) is 5.42. The van der Waals surface area contributed by atoms with Gasteiger partial charge in [0.25, 0.3) is 0 Å². The van der Waals surface area contributed by atoms with Crippen LogP contribution in [0.15, 0.2) is 66.7 Å². The topological polar surface area (TPSA) is 60.0 Å². The van der Waals surface area contributed by atoms with E-state index in [1.165, 1.54) is 5.39 Å². The van der Waals surface area contributed by atoms with Crippen molar-refractivity contribution in [3.05, 3.63) is 66.7 Å². The minimum Gasteiger partial charge on any atom is -0.491 e. The Morgan fingerprint density at radius 3 is 2.67 bits per heavy atom. The fourth-order valence-electron chi connectivity index (χ4n) is 3.08. The zero-order valence-corrected chi connectivity index (χ0v) is 15.0. The lowest BCUT2D eigenvalue weighted by Crippen LogP contribution is -2.41. The molecule has 0 bridgehead atoms. The second-order valence-electron chi connectivity index (χ2n) is 6.63. The van der Waals surface area contributed by atoms with Crippen LogP contribution in [0.1, 0.15) is 0 Å². The molecular weight excluding hydrogens is 342 g/mol. The van der Waals surface area contributed by atoms with Gasteiger partial charge in [0.2, 0.25) is 0 Å². The van der Waals surface area contributed by atoms with E-state index >= 15 is 0 Å². The van der Waals surface area contributed by atoms with Crippen LogP contribution in [0, 0.1) is 0 Å². The maximum atomic E-state index is 10.2. The van der Waals surface area contributed by atoms with Gasteiger partial charge in [-0.15, -0.1) is 0 Å². The van der Waals surface area contributed by atoms with Gasteiger partial charge < -0.3 is 24.6 Å². The van der Waals surface area contributed by atoms with E-state index in [9.17, 15) is 5.11 Å². The lowest BCUT2D eigenvalue weighted by atomic mass is 10.1. The smallest absolute Gasteiger partial charge is 0.161 e. The van der Waals surface area contributed by atoms with Gasteiger partial charge in [-0.3, -0.25) is 0 Å². The second kappa shape index (κ2) is 8.29. The van der Waals surface area contributed by atoms with Crippen LogP contribution in [-0.4, -0.2) is 43.6 Å². The van der Waals surface area contributed by atoms with E-state index in [0.29, 0.717) is 19.7 Å². The van der Waals surface area contributed by atoms with Gasteiger partial charge in [-0.25, -0.2) is 0 Å². The van der Waals surface area contributed by atoms with Crippen LogP contribution in [0.4, 0.5) is 0 Å². The molecule has 0 saturated heterocycles. The molecule has 2 unspecified atom stereocenters. The van der Waals surface area contributed by atoms with Gasteiger partial charge in [0.15, 0.2) is 11.5 Å². The highest BCUT2D eigenvalue weighted by Crippen LogP contribution is 2.30. The molecule has 1 aliphatic rings. The minimum atomic E-state index is -0.603. The monoisotopic (exact) mass is 365 g/mol. The Balaban J connectivity index is 1.20. The van der Waals surface area contributed by atoms with E-state index in [1.807, 2.05) is 60.7 Å². The molecule has 0 saturated carbocycles. The van der Waals surface area contributed by atoms with Crippen LogP contribution < -0.4 is 19.5 Å². The van der Waals surface area contributed by atoms with E-state index in [4.69, 9.17) is 14.2 Å². The summed E-state index contributed by atoms with van der Waals surface area (Å²) < 4.78 is 17.3. The van der Waals surface area contributed by atoms with E-state index in [-0.39, 0.29) is 12.7 Å². The number of benzene rings is 3. The van der Waals surface area contributed by atoms with Crippen molar-refractivity contribution >= 4 is 10.8 Å². The van der Waals surface area contributed by atoms with Crippen LogP contribution in [0.25, 0.3) is 10.8 Å². The van der Waals surface area contributed by atoms with Gasteiger partial charge in [0.1, 0.15) is 31.2 Å². The molecule has 2 N–H and O–H groups in total. The van der Waals surface area contributed by atoms with Crippen molar-refractivity contribution in [2.75, 3.05) is 26.3 Å². The van der Waals surface area contributed by atoms with Gasteiger partial charge in [0, 0.05) is 13.1 Å². The third-order valence-electron chi connectivity index (χ3n) is 4.48. The standard InChI is InChI=1S/C22H23NO4/c24-18(14-25-19-10-9-16-5-1-2-6-17(16)11-19)12-23-13-20-15-26-21-7-3-4-8-22(21)27-20/h1-11,18,20,23-24H,12-15H2. The summed E-state index contributed by atoms with van der Waals surface area (Å²) in [6.07, 6.45) is -0.679. The maximum Gasteiger partial charge on any atom is 0.161 e. The third kappa shape index (κ3) is 4.51. The number of aliphatic hydroxyl groups excluding tert-OH is 1. The zero-order valence-electron chi connectivity index (χ0n) is 15.0. The summed E-state index contributed by atoms with van der Waals surface area (Å²) >= 11 is 0. The Hall–Kier alpha value is -2.76. The van der Waals surface area contributed by atoms with Gasteiger partial charge in [-0.05, 0) is 35.0 Å². The average molecular weight is 365 g/mol. The number of rotatable bonds is 7. The summed E-state index contributed by atoms with van der Waals surface area (Å²) in [6, 6.07) is 21.7. The fraction of sp³-hybridized carbons (Fsp3) is 0.273. The molecule has 27 heavy (non-hydrogen) atoms. The summed E-state index contributed by atoms with van der Waals surface area (Å²) in [5, 5.41) is 15.7. The van der Waals surface area contributed by atoms with E-state index in [0.717, 1.165) is 22.6 Å². The SMILES string of the molecule is OC(CNCC1COc2ccccc2O1)COc1ccc2ccccc2c1. The summed E-state index contributed by atoms with van der Waals surface area (Å²) in [7, 11) is 0. The van der Waals surface area contributed by atoms with E-state index in [2.05, 4.69) is 11.4 Å². The first kappa shape index (κ1) is 17.6. The quantitative estimate of drug-likeness (QED) is 0.674. The van der Waals surface area contributed by atoms with Crippen molar-refractivity contribution < 1.29 is 19.3 Å². The number of ether oxygens (including phenoxy) is 3. The molecule has 1 aliphatic heterocycles. The first-order chi connectivity index (χ1) is 13.3. The lowest BCUT2D eigenvalue weighted by molar-refractivity contribution is 0.0778. The van der Waals surface area contributed by atoms with Crippen molar-refractivity contribution in [1.29, 1.82) is 0 Å². The summed E-state index contributed by atoms with van der Waals surface area (Å²) in [4.78, 5) is 0. The summed E-state index contributed by atoms with van der Waals surface area (Å²) in [6.45, 7) is 1.75. The van der Waals surface area contributed by atoms with Crippen LogP contribution in [0.3, 0.4) is 0 Å². The molecule has 5 heteroatoms. The molecule has 3 aromatic rings. The van der Waals surface area contributed by atoms with Crippen molar-refractivity contribution in [3.63, 3.8) is 0 Å². The molecule has 0 spiro atoms. The van der Waals surface area contributed by atoms with Crippen molar-refractivity contribution in [2.45, 2.75) is 12.2 Å². The van der Waals surface area contributed by atoms with Gasteiger partial charge in [0.05, 0.1) is 0 Å². The molecule has 4 rings (SSSR count). The highest BCUT2D eigenvalue weighted by molar-refractivity contribution is 5.83. The van der Waals surface area contributed by atoms with Crippen molar-refractivity contribution in [2.24, 2.45) is 0 Å². The zero-order chi connectivity index (χ0) is 18.5. The molecule has 0 aromatic heterocycles.